The van der Waals surface area contributed by atoms with Crippen molar-refractivity contribution < 1.29 is 4.79 Å². The lowest BCUT2D eigenvalue weighted by molar-refractivity contribution is -0.130. The number of nitrogens with zero attached hydrogens (tertiary/aromatic N) is 3. The molecule has 0 aliphatic carbocycles. The van der Waals surface area contributed by atoms with E-state index >= 15 is 0 Å². The van der Waals surface area contributed by atoms with Crippen LogP contribution in [0.3, 0.4) is 0 Å². The van der Waals surface area contributed by atoms with Crippen LogP contribution in [-0.4, -0.2) is 47.3 Å². The molecule has 1 amide bonds. The molecule has 2 heterocycles. The Kier molecular flexibility index (Phi) is 8.06. The summed E-state index contributed by atoms with van der Waals surface area (Å²) in [4.78, 5) is 13.8. The number of carbonyl (C=O) groups is 1. The minimum absolute atomic E-state index is 0. The molecule has 0 radical (unpaired) electrons. The summed E-state index contributed by atoms with van der Waals surface area (Å²) in [6.45, 7) is 2.48. The first-order chi connectivity index (χ1) is 8.20. The molecule has 0 saturated carbocycles. The number of hydrogen-bond acceptors (Lipinski definition) is 3. The summed E-state index contributed by atoms with van der Waals surface area (Å²) < 4.78 is 1.82. The smallest absolute Gasteiger partial charge is 0.223 e. The second-order valence-electron chi connectivity index (χ2n) is 4.63. The van der Waals surface area contributed by atoms with Crippen LogP contribution in [0.4, 0.5) is 0 Å². The molecule has 1 unspecified atom stereocenters. The first kappa shape index (κ1) is 18.2. The molecule has 1 aliphatic heterocycles. The van der Waals surface area contributed by atoms with E-state index in [1.807, 2.05) is 36.1 Å². The third-order valence-corrected chi connectivity index (χ3v) is 3.33. The van der Waals surface area contributed by atoms with E-state index in [1.165, 1.54) is 5.56 Å². The summed E-state index contributed by atoms with van der Waals surface area (Å²) in [6, 6.07) is 0. The summed E-state index contributed by atoms with van der Waals surface area (Å²) in [5.74, 6) is 0.716. The lowest BCUT2D eigenvalue weighted by Gasteiger charge is -2.16. The Labute approximate surface area is 126 Å². The Hall–Kier alpha value is -0.780. The molecular formula is C12H22Cl2N4O. The number of rotatable bonds is 4. The van der Waals surface area contributed by atoms with Crippen LogP contribution >= 0.6 is 24.8 Å². The van der Waals surface area contributed by atoms with Crippen molar-refractivity contribution in [2.45, 2.75) is 18.8 Å². The fourth-order valence-electron chi connectivity index (χ4n) is 2.30. The largest absolute Gasteiger partial charge is 0.342 e. The van der Waals surface area contributed by atoms with Gasteiger partial charge in [0.2, 0.25) is 5.91 Å². The number of aromatic nitrogens is 2. The molecule has 110 valence electrons. The number of halogens is 2. The highest BCUT2D eigenvalue weighted by molar-refractivity contribution is 5.85. The maximum Gasteiger partial charge on any atom is 0.223 e. The van der Waals surface area contributed by atoms with E-state index in [4.69, 9.17) is 0 Å². The van der Waals surface area contributed by atoms with Crippen molar-refractivity contribution in [2.75, 3.05) is 26.7 Å². The van der Waals surface area contributed by atoms with Crippen LogP contribution in [0.25, 0.3) is 0 Å². The molecule has 1 aromatic rings. The monoisotopic (exact) mass is 308 g/mol. The van der Waals surface area contributed by atoms with Crippen LogP contribution in [0.15, 0.2) is 12.4 Å². The molecule has 2 rings (SSSR count). The van der Waals surface area contributed by atoms with Crippen molar-refractivity contribution in [3.63, 3.8) is 0 Å². The predicted molar refractivity (Wildman–Crippen MR) is 80.2 cm³/mol. The van der Waals surface area contributed by atoms with Gasteiger partial charge in [0, 0.05) is 45.2 Å². The van der Waals surface area contributed by atoms with Crippen LogP contribution in [0.1, 0.15) is 24.3 Å². The molecule has 1 atom stereocenters. The van der Waals surface area contributed by atoms with Crippen LogP contribution in [-0.2, 0) is 11.8 Å². The quantitative estimate of drug-likeness (QED) is 0.909. The maximum atomic E-state index is 11.9. The molecule has 1 fully saturated rings. The van der Waals surface area contributed by atoms with Crippen LogP contribution < -0.4 is 5.32 Å². The van der Waals surface area contributed by atoms with Gasteiger partial charge in [0.05, 0.1) is 6.20 Å². The highest BCUT2D eigenvalue weighted by Gasteiger charge is 2.27. The SMILES string of the molecule is CNCCC(=O)N1CCC(c2cnn(C)c2)C1.Cl.Cl. The van der Waals surface area contributed by atoms with Crippen LogP contribution in [0.2, 0.25) is 0 Å². The van der Waals surface area contributed by atoms with Gasteiger partial charge in [0.1, 0.15) is 0 Å². The van der Waals surface area contributed by atoms with E-state index in [0.29, 0.717) is 12.3 Å². The van der Waals surface area contributed by atoms with Gasteiger partial charge in [-0.1, -0.05) is 0 Å². The topological polar surface area (TPSA) is 50.2 Å². The predicted octanol–water partition coefficient (Wildman–Crippen LogP) is 1.19. The highest BCUT2D eigenvalue weighted by Crippen LogP contribution is 2.26. The number of nitrogens with one attached hydrogen (secondary N) is 1. The molecule has 0 aromatic carbocycles. The maximum absolute atomic E-state index is 11.9. The van der Waals surface area contributed by atoms with Gasteiger partial charge in [-0.25, -0.2) is 0 Å². The molecule has 1 aliphatic rings. The molecule has 19 heavy (non-hydrogen) atoms. The molecule has 1 saturated heterocycles. The fraction of sp³-hybridized carbons (Fsp3) is 0.667. The van der Waals surface area contributed by atoms with Gasteiger partial charge in [0.15, 0.2) is 0 Å². The molecule has 0 spiro atoms. The second kappa shape index (κ2) is 8.40. The van der Waals surface area contributed by atoms with Crippen molar-refractivity contribution in [2.24, 2.45) is 7.05 Å². The van der Waals surface area contributed by atoms with Gasteiger partial charge in [-0.2, -0.15) is 5.10 Å². The van der Waals surface area contributed by atoms with Crippen molar-refractivity contribution >= 4 is 30.7 Å². The Morgan fingerprint density at radius 2 is 2.26 bits per heavy atom. The first-order valence-electron chi connectivity index (χ1n) is 6.11. The third kappa shape index (κ3) is 4.67. The van der Waals surface area contributed by atoms with E-state index in [1.54, 1.807) is 0 Å². The van der Waals surface area contributed by atoms with Gasteiger partial charge in [-0.3, -0.25) is 9.48 Å². The zero-order chi connectivity index (χ0) is 12.3. The zero-order valence-corrected chi connectivity index (χ0v) is 13.0. The fourth-order valence-corrected chi connectivity index (χ4v) is 2.30. The molecular weight excluding hydrogens is 287 g/mol. The second-order valence-corrected chi connectivity index (χ2v) is 4.63. The van der Waals surface area contributed by atoms with Gasteiger partial charge in [-0.15, -0.1) is 24.8 Å². The summed E-state index contributed by atoms with van der Waals surface area (Å²) in [6.07, 6.45) is 5.60. The van der Waals surface area contributed by atoms with Gasteiger partial charge < -0.3 is 10.2 Å². The third-order valence-electron chi connectivity index (χ3n) is 3.33. The molecule has 1 aromatic heterocycles. The van der Waals surface area contributed by atoms with E-state index in [9.17, 15) is 4.79 Å². The Balaban J connectivity index is 0.00000162. The molecule has 5 nitrogen and oxygen atoms in total. The van der Waals surface area contributed by atoms with Crippen molar-refractivity contribution in [3.8, 4) is 0 Å². The number of likely N-dealkylation sites (tertiary alicyclic amines) is 1. The number of carbonyl (C=O) groups excluding carboxylic acids is 1. The van der Waals surface area contributed by atoms with Crippen molar-refractivity contribution in [1.29, 1.82) is 0 Å². The van der Waals surface area contributed by atoms with E-state index in [-0.39, 0.29) is 30.7 Å². The Morgan fingerprint density at radius 1 is 1.53 bits per heavy atom. The van der Waals surface area contributed by atoms with E-state index in [0.717, 1.165) is 26.1 Å². The molecule has 1 N–H and O–H groups in total. The number of aryl methyl sites for hydroxylation is 1. The van der Waals surface area contributed by atoms with E-state index in [2.05, 4.69) is 10.4 Å². The van der Waals surface area contributed by atoms with Gasteiger partial charge in [0.25, 0.3) is 0 Å². The summed E-state index contributed by atoms with van der Waals surface area (Å²) in [7, 11) is 3.80. The van der Waals surface area contributed by atoms with Crippen LogP contribution in [0, 0.1) is 0 Å². The number of hydrogen-bond donors (Lipinski definition) is 1. The minimum atomic E-state index is 0. The standard InChI is InChI=1S/C12H20N4O.2ClH/c1-13-5-3-12(17)16-6-4-10(9-16)11-7-14-15(2)8-11;;/h7-8,10,13H,3-6,9H2,1-2H3;2*1H. The summed E-state index contributed by atoms with van der Waals surface area (Å²) in [5.41, 5.74) is 1.25. The Bertz CT molecular complexity index is 397. The molecule has 0 bridgehead atoms. The van der Waals surface area contributed by atoms with Crippen molar-refractivity contribution in [1.82, 2.24) is 20.0 Å². The summed E-state index contributed by atoms with van der Waals surface area (Å²) in [5, 5.41) is 7.19. The Morgan fingerprint density at radius 3 is 2.84 bits per heavy atom. The highest BCUT2D eigenvalue weighted by atomic mass is 35.5. The normalized spacial score (nSPS) is 17.8. The van der Waals surface area contributed by atoms with Crippen LogP contribution in [0.5, 0.6) is 0 Å². The molecule has 7 heteroatoms. The average Bonchev–Trinajstić information content (AvgIpc) is 2.93. The van der Waals surface area contributed by atoms with Crippen molar-refractivity contribution in [3.05, 3.63) is 18.0 Å². The average molecular weight is 309 g/mol. The van der Waals surface area contributed by atoms with E-state index < -0.39 is 0 Å². The van der Waals surface area contributed by atoms with Gasteiger partial charge >= 0.3 is 0 Å². The summed E-state index contributed by atoms with van der Waals surface area (Å²) >= 11 is 0. The lowest BCUT2D eigenvalue weighted by atomic mass is 10.0. The van der Waals surface area contributed by atoms with Gasteiger partial charge in [-0.05, 0) is 19.0 Å². The minimum Gasteiger partial charge on any atom is -0.342 e. The zero-order valence-electron chi connectivity index (χ0n) is 11.3. The first-order valence-corrected chi connectivity index (χ1v) is 6.11. The number of amides is 1. The lowest BCUT2D eigenvalue weighted by Crippen LogP contribution is -2.30.